The van der Waals surface area contributed by atoms with Crippen molar-refractivity contribution in [2.45, 2.75) is 11.1 Å². The van der Waals surface area contributed by atoms with Gasteiger partial charge in [0.2, 0.25) is 0 Å². The first kappa shape index (κ1) is 13.5. The number of hydrogen-bond donors (Lipinski definition) is 0. The Balaban J connectivity index is 2.45. The third-order valence-corrected chi connectivity index (χ3v) is 2.98. The fraction of sp³-hybridized carbons (Fsp3) is 0.200. The lowest BCUT2D eigenvalue weighted by Crippen LogP contribution is -2.16. The maximum Gasteiger partial charge on any atom is 0.417 e. The zero-order chi connectivity index (χ0) is 14.0. The monoisotopic (exact) mass is 288 g/mol. The van der Waals surface area contributed by atoms with Gasteiger partial charge in [-0.2, -0.15) is 23.0 Å². The molecule has 5 nitrogen and oxygen atoms in total. The number of nitrogens with zero attached hydrogens (tertiary/aromatic N) is 4. The highest BCUT2D eigenvalue weighted by Crippen LogP contribution is 2.32. The largest absolute Gasteiger partial charge is 0.417 e. The molecule has 19 heavy (non-hydrogen) atoms. The molecule has 0 aromatic carbocycles. The summed E-state index contributed by atoms with van der Waals surface area (Å²) >= 11 is 1.01. The van der Waals surface area contributed by atoms with E-state index in [1.54, 1.807) is 6.26 Å². The first-order valence-corrected chi connectivity index (χ1v) is 6.16. The van der Waals surface area contributed by atoms with Crippen molar-refractivity contribution < 1.29 is 18.0 Å². The SMILES string of the molecule is CSc1cc(C(F)(F)F)cnc1C(=O)n1cncn1. The van der Waals surface area contributed by atoms with Crippen LogP contribution in [0.1, 0.15) is 16.1 Å². The molecule has 0 bridgehead atoms. The topological polar surface area (TPSA) is 60.7 Å². The van der Waals surface area contributed by atoms with Crippen LogP contribution in [0.5, 0.6) is 0 Å². The lowest BCUT2D eigenvalue weighted by Gasteiger charge is -2.10. The molecule has 2 rings (SSSR count). The van der Waals surface area contributed by atoms with Crippen molar-refractivity contribution in [3.63, 3.8) is 0 Å². The fourth-order valence-corrected chi connectivity index (χ4v) is 1.92. The predicted octanol–water partition coefficient (Wildman–Crippen LogP) is 2.10. The third-order valence-electron chi connectivity index (χ3n) is 2.23. The number of carbonyl (C=O) groups is 1. The van der Waals surface area contributed by atoms with Gasteiger partial charge in [-0.25, -0.2) is 9.97 Å². The standard InChI is InChI=1S/C10H7F3N4OS/c1-19-7-2-6(10(11,12)13)3-15-8(7)9(18)17-5-14-4-16-17/h2-5H,1H3. The Hall–Kier alpha value is -1.90. The van der Waals surface area contributed by atoms with Crippen molar-refractivity contribution in [1.29, 1.82) is 0 Å². The maximum absolute atomic E-state index is 12.5. The first-order chi connectivity index (χ1) is 8.93. The van der Waals surface area contributed by atoms with E-state index in [2.05, 4.69) is 15.1 Å². The van der Waals surface area contributed by atoms with Gasteiger partial charge in [0, 0.05) is 11.1 Å². The molecule has 0 radical (unpaired) electrons. The molecule has 0 fully saturated rings. The molecule has 0 atom stereocenters. The molecular weight excluding hydrogens is 281 g/mol. The molecule has 0 aliphatic carbocycles. The lowest BCUT2D eigenvalue weighted by atomic mass is 10.2. The average molecular weight is 288 g/mol. The maximum atomic E-state index is 12.5. The quantitative estimate of drug-likeness (QED) is 0.792. The molecule has 2 aromatic rings. The second-order valence-electron chi connectivity index (χ2n) is 3.42. The lowest BCUT2D eigenvalue weighted by molar-refractivity contribution is -0.138. The Kier molecular flexibility index (Phi) is 3.56. The van der Waals surface area contributed by atoms with Crippen molar-refractivity contribution in [2.24, 2.45) is 0 Å². The van der Waals surface area contributed by atoms with Crippen LogP contribution in [0.2, 0.25) is 0 Å². The summed E-state index contributed by atoms with van der Waals surface area (Å²) in [6.07, 6.45) is 0.0119. The Bertz CT molecular complexity index is 597. The van der Waals surface area contributed by atoms with Gasteiger partial charge in [-0.15, -0.1) is 11.8 Å². The van der Waals surface area contributed by atoms with Crippen molar-refractivity contribution >= 4 is 17.7 Å². The summed E-state index contributed by atoms with van der Waals surface area (Å²) in [7, 11) is 0. The number of aromatic nitrogens is 4. The normalized spacial score (nSPS) is 11.6. The first-order valence-electron chi connectivity index (χ1n) is 4.94. The molecular formula is C10H7F3N4OS. The van der Waals surface area contributed by atoms with Gasteiger partial charge in [0.05, 0.1) is 5.56 Å². The second-order valence-corrected chi connectivity index (χ2v) is 4.27. The molecule has 100 valence electrons. The average Bonchev–Trinajstić information content (AvgIpc) is 2.90. The van der Waals surface area contributed by atoms with Crippen LogP contribution in [0.4, 0.5) is 13.2 Å². The minimum atomic E-state index is -4.49. The highest BCUT2D eigenvalue weighted by Gasteiger charge is 2.32. The Labute approximate surface area is 109 Å². The van der Waals surface area contributed by atoms with Gasteiger partial charge >= 0.3 is 6.18 Å². The molecule has 9 heteroatoms. The molecule has 2 heterocycles. The Morgan fingerprint density at radius 3 is 2.68 bits per heavy atom. The summed E-state index contributed by atoms with van der Waals surface area (Å²) in [6, 6.07) is 0.891. The van der Waals surface area contributed by atoms with E-state index in [4.69, 9.17) is 0 Å². The molecule has 0 aliphatic rings. The fourth-order valence-electron chi connectivity index (χ4n) is 1.34. The van der Waals surface area contributed by atoms with Crippen LogP contribution in [-0.2, 0) is 6.18 Å². The minimum absolute atomic E-state index is 0.0917. The zero-order valence-corrected chi connectivity index (χ0v) is 10.4. The highest BCUT2D eigenvalue weighted by atomic mass is 32.2. The molecule has 0 N–H and O–H groups in total. The number of alkyl halides is 3. The van der Waals surface area contributed by atoms with Gasteiger partial charge in [0.1, 0.15) is 18.3 Å². The molecule has 0 saturated heterocycles. The van der Waals surface area contributed by atoms with E-state index in [9.17, 15) is 18.0 Å². The van der Waals surface area contributed by atoms with Crippen LogP contribution in [-0.4, -0.2) is 31.9 Å². The number of carbonyl (C=O) groups excluding carboxylic acids is 1. The van der Waals surface area contributed by atoms with E-state index < -0.39 is 17.6 Å². The molecule has 0 saturated carbocycles. The van der Waals surface area contributed by atoms with Gasteiger partial charge in [-0.05, 0) is 12.3 Å². The minimum Gasteiger partial charge on any atom is -0.265 e. The van der Waals surface area contributed by atoms with E-state index in [1.165, 1.54) is 0 Å². The Morgan fingerprint density at radius 1 is 1.42 bits per heavy atom. The number of pyridine rings is 1. The van der Waals surface area contributed by atoms with Gasteiger partial charge in [-0.3, -0.25) is 4.79 Å². The second kappa shape index (κ2) is 5.00. The van der Waals surface area contributed by atoms with Crippen molar-refractivity contribution in [3.8, 4) is 0 Å². The van der Waals surface area contributed by atoms with E-state index in [-0.39, 0.29) is 10.6 Å². The van der Waals surface area contributed by atoms with Crippen LogP contribution in [0.15, 0.2) is 29.8 Å². The van der Waals surface area contributed by atoms with E-state index in [0.29, 0.717) is 6.20 Å². The summed E-state index contributed by atoms with van der Waals surface area (Å²) in [6.45, 7) is 0. The molecule has 0 spiro atoms. The van der Waals surface area contributed by atoms with Gasteiger partial charge in [0.25, 0.3) is 5.91 Å². The van der Waals surface area contributed by atoms with Crippen LogP contribution < -0.4 is 0 Å². The van der Waals surface area contributed by atoms with Gasteiger partial charge in [-0.1, -0.05) is 0 Å². The number of halogens is 3. The van der Waals surface area contributed by atoms with Crippen LogP contribution in [0.25, 0.3) is 0 Å². The summed E-state index contributed by atoms with van der Waals surface area (Å²) in [5, 5.41) is 3.62. The summed E-state index contributed by atoms with van der Waals surface area (Å²) < 4.78 is 38.6. The van der Waals surface area contributed by atoms with E-state index in [1.807, 2.05) is 0 Å². The summed E-state index contributed by atoms with van der Waals surface area (Å²) in [5.74, 6) is -0.629. The summed E-state index contributed by atoms with van der Waals surface area (Å²) in [5.41, 5.74) is -0.988. The molecule has 0 amide bonds. The van der Waals surface area contributed by atoms with Crippen LogP contribution in [0.3, 0.4) is 0 Å². The number of hydrogen-bond acceptors (Lipinski definition) is 5. The highest BCUT2D eigenvalue weighted by molar-refractivity contribution is 7.98. The number of rotatable bonds is 2. The van der Waals surface area contributed by atoms with E-state index in [0.717, 1.165) is 35.2 Å². The zero-order valence-electron chi connectivity index (χ0n) is 9.55. The third kappa shape index (κ3) is 2.75. The summed E-state index contributed by atoms with van der Waals surface area (Å²) in [4.78, 5) is 19.3. The Morgan fingerprint density at radius 2 is 2.16 bits per heavy atom. The predicted molar refractivity (Wildman–Crippen MR) is 60.8 cm³/mol. The smallest absolute Gasteiger partial charge is 0.265 e. The molecule has 2 aromatic heterocycles. The molecule has 0 aliphatic heterocycles. The van der Waals surface area contributed by atoms with Crippen LogP contribution in [0, 0.1) is 0 Å². The van der Waals surface area contributed by atoms with Gasteiger partial charge < -0.3 is 0 Å². The van der Waals surface area contributed by atoms with Crippen molar-refractivity contribution in [3.05, 3.63) is 36.2 Å². The molecule has 0 unspecified atom stereocenters. The number of thioether (sulfide) groups is 1. The van der Waals surface area contributed by atoms with Crippen molar-refractivity contribution in [2.75, 3.05) is 6.26 Å². The van der Waals surface area contributed by atoms with Crippen molar-refractivity contribution in [1.82, 2.24) is 19.7 Å². The van der Waals surface area contributed by atoms with Gasteiger partial charge in [0.15, 0.2) is 0 Å². The van der Waals surface area contributed by atoms with E-state index >= 15 is 0 Å². The van der Waals surface area contributed by atoms with Crippen LogP contribution >= 0.6 is 11.8 Å².